The number of amides is 1. The molecule has 0 radical (unpaired) electrons. The van der Waals surface area contributed by atoms with Crippen molar-refractivity contribution in [1.82, 2.24) is 9.97 Å². The largest absolute Gasteiger partial charge is 1.00 e. The molecular formula is C26H31BrF2N4O4. The van der Waals surface area contributed by atoms with Crippen LogP contribution in [0.1, 0.15) is 37.7 Å². The Balaban J connectivity index is 0.00000320. The number of rotatable bonds is 7. The summed E-state index contributed by atoms with van der Waals surface area (Å²) in [5.74, 6) is -4.45. The molecule has 1 aliphatic carbocycles. The van der Waals surface area contributed by atoms with Crippen molar-refractivity contribution >= 4 is 17.7 Å². The molecule has 1 aromatic heterocycles. The van der Waals surface area contributed by atoms with Gasteiger partial charge in [-0.05, 0) is 12.0 Å². The number of nitrogens with zero attached hydrogens (tertiary/aromatic N) is 3. The Morgan fingerprint density at radius 2 is 1.89 bits per heavy atom. The number of aliphatic hydroxyl groups is 1. The number of fused-ring (bicyclic) bond motifs is 3. The van der Waals surface area contributed by atoms with E-state index in [1.54, 1.807) is 30.3 Å². The Kier molecular flexibility index (Phi) is 7.96. The van der Waals surface area contributed by atoms with Gasteiger partial charge in [-0.15, -0.1) is 0 Å². The third-order valence-electron chi connectivity index (χ3n) is 8.13. The van der Waals surface area contributed by atoms with Crippen LogP contribution in [0.25, 0.3) is 0 Å². The van der Waals surface area contributed by atoms with E-state index in [0.29, 0.717) is 16.8 Å². The molecule has 1 aromatic carbocycles. The molecule has 3 atom stereocenters. The van der Waals surface area contributed by atoms with E-state index in [0.717, 1.165) is 25.9 Å². The highest BCUT2D eigenvalue weighted by molar-refractivity contribution is 5.90. The lowest BCUT2D eigenvalue weighted by Gasteiger charge is -2.51. The van der Waals surface area contributed by atoms with Gasteiger partial charge in [0.2, 0.25) is 5.92 Å². The standard InChI is InChI=1S/C26H30F2N4O4.BrH/c27-25(28)9-6-20(14-25)26(35,19-4-2-1-3-5-19)24(34)36-21-16-32(12-7-18(21)8-13-32)17-23(33)31-22-15-29-10-11-30-22;/h1-5,10-11,15,18,20-21,35H,6-9,12-14,16-17H2;1H/t18?,20?,21?,26-,32?;/m0./s1. The van der Waals surface area contributed by atoms with Gasteiger partial charge in [-0.3, -0.25) is 9.78 Å². The maximum atomic E-state index is 14.1. The van der Waals surface area contributed by atoms with Crippen molar-refractivity contribution in [2.75, 3.05) is 31.5 Å². The zero-order chi connectivity index (χ0) is 25.4. The van der Waals surface area contributed by atoms with Crippen molar-refractivity contribution in [2.45, 2.75) is 49.7 Å². The van der Waals surface area contributed by atoms with E-state index in [-0.39, 0.29) is 53.8 Å². The van der Waals surface area contributed by atoms with Gasteiger partial charge in [-0.25, -0.2) is 18.6 Å². The lowest BCUT2D eigenvalue weighted by molar-refractivity contribution is -0.939. The molecular weight excluding hydrogens is 550 g/mol. The van der Waals surface area contributed by atoms with Crippen LogP contribution in [-0.4, -0.2) is 69.6 Å². The molecule has 200 valence electrons. The van der Waals surface area contributed by atoms with Gasteiger partial charge in [0.15, 0.2) is 24.1 Å². The third-order valence-corrected chi connectivity index (χ3v) is 8.13. The Morgan fingerprint density at radius 3 is 2.51 bits per heavy atom. The monoisotopic (exact) mass is 580 g/mol. The highest BCUT2D eigenvalue weighted by Crippen LogP contribution is 2.48. The summed E-state index contributed by atoms with van der Waals surface area (Å²) in [4.78, 5) is 34.3. The summed E-state index contributed by atoms with van der Waals surface area (Å²) in [5.41, 5.74) is -1.88. The van der Waals surface area contributed by atoms with E-state index in [1.807, 2.05) is 0 Å². The lowest BCUT2D eigenvalue weighted by Crippen LogP contribution is -3.00. The first kappa shape index (κ1) is 27.5. The number of aromatic nitrogens is 2. The number of esters is 1. The summed E-state index contributed by atoms with van der Waals surface area (Å²) < 4.78 is 34.6. The first-order chi connectivity index (χ1) is 17.2. The van der Waals surface area contributed by atoms with E-state index in [4.69, 9.17) is 4.74 Å². The highest BCUT2D eigenvalue weighted by Gasteiger charge is 2.56. The van der Waals surface area contributed by atoms with Gasteiger partial charge in [0.1, 0.15) is 6.54 Å². The molecule has 3 saturated heterocycles. The van der Waals surface area contributed by atoms with Crippen LogP contribution in [0.3, 0.4) is 0 Å². The number of nitrogens with one attached hydrogen (secondary N) is 1. The minimum absolute atomic E-state index is 0. The molecule has 6 rings (SSSR count). The second-order valence-corrected chi connectivity index (χ2v) is 10.5. The fourth-order valence-electron chi connectivity index (χ4n) is 6.17. The molecule has 1 saturated carbocycles. The molecule has 2 aromatic rings. The average molecular weight is 581 g/mol. The van der Waals surface area contributed by atoms with E-state index in [2.05, 4.69) is 15.3 Å². The molecule has 37 heavy (non-hydrogen) atoms. The summed E-state index contributed by atoms with van der Waals surface area (Å²) in [7, 11) is 0. The van der Waals surface area contributed by atoms with Crippen molar-refractivity contribution in [2.24, 2.45) is 11.8 Å². The van der Waals surface area contributed by atoms with Crippen molar-refractivity contribution in [3.05, 3.63) is 54.5 Å². The Bertz CT molecular complexity index is 1100. The first-order valence-electron chi connectivity index (χ1n) is 12.5. The summed E-state index contributed by atoms with van der Waals surface area (Å²) in [5, 5.41) is 14.4. The van der Waals surface area contributed by atoms with Gasteiger partial charge in [0.25, 0.3) is 5.91 Å². The summed E-state index contributed by atoms with van der Waals surface area (Å²) in [6.45, 7) is 2.21. The van der Waals surface area contributed by atoms with E-state index < -0.39 is 35.9 Å². The zero-order valence-electron chi connectivity index (χ0n) is 20.4. The van der Waals surface area contributed by atoms with Gasteiger partial charge in [0, 0.05) is 49.9 Å². The molecule has 4 fully saturated rings. The van der Waals surface area contributed by atoms with Crippen LogP contribution in [0.4, 0.5) is 14.6 Å². The molecule has 8 nitrogen and oxygen atoms in total. The minimum atomic E-state index is -2.92. The molecule has 4 heterocycles. The number of alkyl halides is 2. The summed E-state index contributed by atoms with van der Waals surface area (Å²) in [6.07, 6.45) is 4.65. The van der Waals surface area contributed by atoms with Gasteiger partial charge >= 0.3 is 5.97 Å². The zero-order valence-corrected chi connectivity index (χ0v) is 21.9. The van der Waals surface area contributed by atoms with E-state index in [1.165, 1.54) is 18.6 Å². The number of carbonyl (C=O) groups excluding carboxylic acids is 2. The van der Waals surface area contributed by atoms with Crippen molar-refractivity contribution in [3.8, 4) is 0 Å². The number of piperidine rings is 3. The highest BCUT2D eigenvalue weighted by atomic mass is 79.9. The maximum absolute atomic E-state index is 14.1. The van der Waals surface area contributed by atoms with Crippen molar-refractivity contribution < 1.29 is 49.7 Å². The number of anilines is 1. The maximum Gasteiger partial charge on any atom is 0.343 e. The van der Waals surface area contributed by atoms with Crippen LogP contribution in [0.5, 0.6) is 0 Å². The van der Waals surface area contributed by atoms with E-state index >= 15 is 0 Å². The topological polar surface area (TPSA) is 101 Å². The quantitative estimate of drug-likeness (QED) is 0.350. The van der Waals surface area contributed by atoms with Crippen LogP contribution in [0.15, 0.2) is 48.9 Å². The molecule has 0 spiro atoms. The van der Waals surface area contributed by atoms with Crippen LogP contribution in [0, 0.1) is 11.8 Å². The molecule has 11 heteroatoms. The van der Waals surface area contributed by atoms with Crippen LogP contribution < -0.4 is 22.3 Å². The number of halogens is 3. The normalized spacial score (nSPS) is 29.5. The van der Waals surface area contributed by atoms with Crippen LogP contribution >= 0.6 is 0 Å². The van der Waals surface area contributed by atoms with Crippen LogP contribution in [-0.2, 0) is 19.9 Å². The molecule has 2 bridgehead atoms. The fourth-order valence-corrected chi connectivity index (χ4v) is 6.17. The number of carbonyl (C=O) groups is 2. The van der Waals surface area contributed by atoms with Gasteiger partial charge < -0.3 is 36.6 Å². The molecule has 4 aliphatic rings. The van der Waals surface area contributed by atoms with Gasteiger partial charge in [0.05, 0.1) is 19.3 Å². The second kappa shape index (κ2) is 10.7. The first-order valence-corrected chi connectivity index (χ1v) is 12.5. The summed E-state index contributed by atoms with van der Waals surface area (Å²) >= 11 is 0. The predicted molar refractivity (Wildman–Crippen MR) is 126 cm³/mol. The van der Waals surface area contributed by atoms with Crippen molar-refractivity contribution in [1.29, 1.82) is 0 Å². The SMILES string of the molecule is O=C(C[N+]12CCC(CC1)C(OC(=O)[C@](O)(c1ccccc1)C1CCC(F)(F)C1)C2)Nc1cnccn1.[Br-]. The smallest absolute Gasteiger partial charge is 0.343 e. The number of hydrogen-bond donors (Lipinski definition) is 2. The second-order valence-electron chi connectivity index (χ2n) is 10.5. The Morgan fingerprint density at radius 1 is 1.16 bits per heavy atom. The van der Waals surface area contributed by atoms with E-state index in [9.17, 15) is 23.5 Å². The van der Waals surface area contributed by atoms with Gasteiger partial charge in [-0.2, -0.15) is 0 Å². The van der Waals surface area contributed by atoms with Gasteiger partial charge in [-0.1, -0.05) is 30.3 Å². The van der Waals surface area contributed by atoms with Crippen LogP contribution in [0.2, 0.25) is 0 Å². The Hall–Kier alpha value is -2.50. The predicted octanol–water partition coefficient (Wildman–Crippen LogP) is -0.105. The number of ether oxygens (including phenoxy) is 1. The molecule has 2 unspecified atom stereocenters. The Labute approximate surface area is 224 Å². The molecule has 1 amide bonds. The lowest BCUT2D eigenvalue weighted by atomic mass is 9.79. The molecule has 3 aliphatic heterocycles. The third kappa shape index (κ3) is 5.68. The molecule has 2 N–H and O–H groups in total. The van der Waals surface area contributed by atoms with Crippen molar-refractivity contribution in [3.63, 3.8) is 0 Å². The number of hydrogen-bond acceptors (Lipinski definition) is 6. The fraction of sp³-hybridized carbons (Fsp3) is 0.538. The average Bonchev–Trinajstić information content (AvgIpc) is 3.25. The number of quaternary nitrogens is 1. The summed E-state index contributed by atoms with van der Waals surface area (Å²) in [6, 6.07) is 8.25. The number of benzene rings is 1. The minimum Gasteiger partial charge on any atom is -1.00 e.